The molecular formula is C10H11IO. The Labute approximate surface area is 82.8 Å². The summed E-state index contributed by atoms with van der Waals surface area (Å²) >= 11 is -0.0242. The molecule has 2 heterocycles. The van der Waals surface area contributed by atoms with Crippen LogP contribution in [0, 0.1) is 0 Å². The van der Waals surface area contributed by atoms with Gasteiger partial charge in [-0.1, -0.05) is 0 Å². The van der Waals surface area contributed by atoms with E-state index in [1.807, 2.05) is 6.08 Å². The Hall–Kier alpha value is -0.510. The van der Waals surface area contributed by atoms with Gasteiger partial charge in [-0.2, -0.15) is 0 Å². The number of halogens is 1. The average molecular weight is 274 g/mol. The van der Waals surface area contributed by atoms with Gasteiger partial charge in [0.1, 0.15) is 0 Å². The van der Waals surface area contributed by atoms with Gasteiger partial charge in [0.15, 0.2) is 0 Å². The van der Waals surface area contributed by atoms with E-state index in [1.165, 1.54) is 0 Å². The molecule has 0 aromatic rings. The topological polar surface area (TPSA) is 9.23 Å². The van der Waals surface area contributed by atoms with Crippen molar-refractivity contribution in [1.29, 1.82) is 0 Å². The average Bonchev–Trinajstić information content (AvgIpc) is 2.21. The van der Waals surface area contributed by atoms with Gasteiger partial charge in [0.25, 0.3) is 0 Å². The van der Waals surface area contributed by atoms with Crippen LogP contribution in [-0.2, 0) is 4.74 Å². The molecule has 2 atom stereocenters. The van der Waals surface area contributed by atoms with Crippen LogP contribution in [0.2, 0.25) is 0 Å². The van der Waals surface area contributed by atoms with Gasteiger partial charge in [0, 0.05) is 0 Å². The van der Waals surface area contributed by atoms with E-state index < -0.39 is 0 Å². The quantitative estimate of drug-likeness (QED) is 0.527. The zero-order valence-corrected chi connectivity index (χ0v) is 8.92. The first-order valence-electron chi connectivity index (χ1n) is 3.94. The normalized spacial score (nSPS) is 32.7. The summed E-state index contributed by atoms with van der Waals surface area (Å²) in [7, 11) is 0. The van der Waals surface area contributed by atoms with Crippen LogP contribution in [0.3, 0.4) is 0 Å². The molecule has 0 fully saturated rings. The number of hydrogen-bond acceptors (Lipinski definition) is 1. The standard InChI is InChI=1S/C10H11IO/c1-3-7-11-9(5-1)10-6-2-4-8-12-10/h1-11H. The summed E-state index contributed by atoms with van der Waals surface area (Å²) in [5.74, 6) is 0. The molecule has 0 aromatic carbocycles. The predicted molar refractivity (Wildman–Crippen MR) is 60.6 cm³/mol. The van der Waals surface area contributed by atoms with Crippen molar-refractivity contribution in [2.75, 3.05) is 0 Å². The molecule has 0 N–H and O–H groups in total. The SMILES string of the molecule is C1=COC(C2C=CC=C[IH]2)C=C1. The van der Waals surface area contributed by atoms with Gasteiger partial charge in [-0.3, -0.25) is 0 Å². The van der Waals surface area contributed by atoms with Crippen molar-refractivity contribution in [3.05, 3.63) is 46.8 Å². The van der Waals surface area contributed by atoms with Crippen molar-refractivity contribution in [1.82, 2.24) is 0 Å². The summed E-state index contributed by atoms with van der Waals surface area (Å²) in [5, 5.41) is 0. The molecule has 0 saturated heterocycles. The first-order valence-corrected chi connectivity index (χ1v) is 6.63. The minimum atomic E-state index is -0.0242. The van der Waals surface area contributed by atoms with Gasteiger partial charge in [-0.15, -0.1) is 0 Å². The van der Waals surface area contributed by atoms with E-state index in [-0.39, 0.29) is 21.2 Å². The number of ether oxygens (including phenoxy) is 1. The van der Waals surface area contributed by atoms with Gasteiger partial charge in [0.2, 0.25) is 0 Å². The summed E-state index contributed by atoms with van der Waals surface area (Å²) in [6.07, 6.45) is 14.7. The molecule has 12 heavy (non-hydrogen) atoms. The van der Waals surface area contributed by atoms with E-state index in [9.17, 15) is 0 Å². The Bertz CT molecular complexity index is 235. The van der Waals surface area contributed by atoms with Crippen LogP contribution in [0.1, 0.15) is 0 Å². The maximum atomic E-state index is 5.50. The van der Waals surface area contributed by atoms with Crippen LogP contribution >= 0.6 is 21.2 Å². The monoisotopic (exact) mass is 274 g/mol. The van der Waals surface area contributed by atoms with Crippen molar-refractivity contribution < 1.29 is 4.74 Å². The first kappa shape index (κ1) is 8.10. The zero-order chi connectivity index (χ0) is 8.23. The van der Waals surface area contributed by atoms with Crippen molar-refractivity contribution in [3.63, 3.8) is 0 Å². The van der Waals surface area contributed by atoms with E-state index in [4.69, 9.17) is 4.74 Å². The second kappa shape index (κ2) is 3.94. The molecule has 64 valence electrons. The number of allylic oxidation sites excluding steroid dienone is 4. The summed E-state index contributed by atoms with van der Waals surface area (Å²) in [6.45, 7) is 0. The Morgan fingerprint density at radius 2 is 1.92 bits per heavy atom. The fourth-order valence-corrected chi connectivity index (χ4v) is 3.61. The Morgan fingerprint density at radius 1 is 1.00 bits per heavy atom. The molecule has 2 aliphatic heterocycles. The van der Waals surface area contributed by atoms with Crippen molar-refractivity contribution in [2.24, 2.45) is 0 Å². The molecule has 0 amide bonds. The Kier molecular flexibility index (Phi) is 2.66. The third kappa shape index (κ3) is 1.80. The molecule has 0 aromatic heterocycles. The first-order chi connectivity index (χ1) is 5.97. The fourth-order valence-electron chi connectivity index (χ4n) is 1.17. The van der Waals surface area contributed by atoms with Crippen LogP contribution in [0.5, 0.6) is 0 Å². The van der Waals surface area contributed by atoms with E-state index in [2.05, 4.69) is 34.5 Å². The predicted octanol–water partition coefficient (Wildman–Crippen LogP) is 2.61. The zero-order valence-electron chi connectivity index (χ0n) is 6.59. The van der Waals surface area contributed by atoms with E-state index >= 15 is 0 Å². The summed E-state index contributed by atoms with van der Waals surface area (Å²) in [4.78, 5) is 0. The molecule has 2 heteroatoms. The number of rotatable bonds is 1. The van der Waals surface area contributed by atoms with Crippen molar-refractivity contribution >= 4 is 21.2 Å². The molecule has 0 spiro atoms. The summed E-state index contributed by atoms with van der Waals surface area (Å²) in [6, 6.07) is 0. The molecule has 0 saturated carbocycles. The molecule has 0 radical (unpaired) electrons. The van der Waals surface area contributed by atoms with Gasteiger partial charge in [-0.25, -0.2) is 0 Å². The van der Waals surface area contributed by atoms with Crippen molar-refractivity contribution in [3.8, 4) is 0 Å². The summed E-state index contributed by atoms with van der Waals surface area (Å²) < 4.78 is 8.45. The van der Waals surface area contributed by atoms with Gasteiger partial charge >= 0.3 is 82.8 Å². The Balaban J connectivity index is 2.01. The van der Waals surface area contributed by atoms with Crippen LogP contribution in [0.25, 0.3) is 0 Å². The molecule has 1 nitrogen and oxygen atoms in total. The van der Waals surface area contributed by atoms with Gasteiger partial charge in [-0.05, 0) is 0 Å². The summed E-state index contributed by atoms with van der Waals surface area (Å²) in [5.41, 5.74) is 0. The second-order valence-corrected chi connectivity index (χ2v) is 5.74. The maximum absolute atomic E-state index is 5.50. The molecule has 0 aliphatic carbocycles. The third-order valence-electron chi connectivity index (χ3n) is 1.78. The molecule has 2 rings (SSSR count). The number of alkyl halides is 1. The molecular weight excluding hydrogens is 263 g/mol. The van der Waals surface area contributed by atoms with Crippen LogP contribution in [0.4, 0.5) is 0 Å². The van der Waals surface area contributed by atoms with Gasteiger partial charge in [0.05, 0.1) is 0 Å². The van der Waals surface area contributed by atoms with E-state index in [0.29, 0.717) is 10.0 Å². The Morgan fingerprint density at radius 3 is 2.58 bits per heavy atom. The second-order valence-electron chi connectivity index (χ2n) is 2.63. The van der Waals surface area contributed by atoms with Crippen molar-refractivity contribution in [2.45, 2.75) is 10.0 Å². The minimum absolute atomic E-state index is 0.0242. The fraction of sp³-hybridized carbons (Fsp3) is 0.200. The van der Waals surface area contributed by atoms with Crippen LogP contribution < -0.4 is 0 Å². The molecule has 2 unspecified atom stereocenters. The van der Waals surface area contributed by atoms with Crippen LogP contribution in [0.15, 0.2) is 46.8 Å². The third-order valence-corrected chi connectivity index (χ3v) is 4.78. The molecule has 2 aliphatic rings. The van der Waals surface area contributed by atoms with Gasteiger partial charge < -0.3 is 0 Å². The van der Waals surface area contributed by atoms with E-state index in [0.717, 1.165) is 0 Å². The van der Waals surface area contributed by atoms with E-state index in [1.54, 1.807) is 6.26 Å². The van der Waals surface area contributed by atoms with Crippen LogP contribution in [-0.4, -0.2) is 10.0 Å². The molecule has 0 bridgehead atoms. The number of hydrogen-bond donors (Lipinski definition) is 0.